The van der Waals surface area contributed by atoms with Crippen LogP contribution >= 0.6 is 23.2 Å². The van der Waals surface area contributed by atoms with Gasteiger partial charge in [0.1, 0.15) is 0 Å². The van der Waals surface area contributed by atoms with E-state index in [2.05, 4.69) is 29.2 Å². The van der Waals surface area contributed by atoms with Crippen molar-refractivity contribution in [2.24, 2.45) is 11.8 Å². The maximum absolute atomic E-state index is 13.3. The minimum Gasteiger partial charge on any atom is -0.331 e. The van der Waals surface area contributed by atoms with E-state index in [1.165, 1.54) is 36.8 Å². The van der Waals surface area contributed by atoms with Crippen LogP contribution in [0.25, 0.3) is 0 Å². The number of amides is 1. The first-order chi connectivity index (χ1) is 13.6. The molecule has 5 rings (SSSR count). The fraction of sp³-hybridized carbons (Fsp3) is 0.458. The van der Waals surface area contributed by atoms with E-state index in [0.717, 1.165) is 16.5 Å². The number of likely N-dealkylation sites (tertiary alicyclic amines) is 1. The zero-order valence-corrected chi connectivity index (χ0v) is 17.4. The Morgan fingerprint density at radius 1 is 0.821 bits per heavy atom. The second kappa shape index (κ2) is 7.39. The molecule has 0 radical (unpaired) electrons. The number of carbonyl (C=O) groups excluding carboxylic acids is 1. The number of rotatable bonds is 5. The maximum Gasteiger partial charge on any atom is 0.223 e. The van der Waals surface area contributed by atoms with Crippen LogP contribution in [0.15, 0.2) is 48.5 Å². The predicted molar refractivity (Wildman–Crippen MR) is 114 cm³/mol. The summed E-state index contributed by atoms with van der Waals surface area (Å²) in [6, 6.07) is 16.8. The zero-order chi connectivity index (χ0) is 19.3. The number of carbonyl (C=O) groups is 1. The van der Waals surface area contributed by atoms with Crippen LogP contribution in [0.4, 0.5) is 0 Å². The number of piperidine rings is 1. The molecular weight excluding hydrogens is 389 g/mol. The molecule has 0 spiro atoms. The fourth-order valence-electron chi connectivity index (χ4n) is 5.12. The average molecular weight is 414 g/mol. The standard InChI is InChI=1S/C24H25Cl2NO/c25-19-10-8-17(9-11-19)24-21(18-2-1-3-20(26)14-18)12-13-22(28)27(24)23(15-4-5-15)16-6-7-16/h1-3,8-11,14-16,21,23-24H,4-7,12-13H2/t21?,24-/m1/s1. The topological polar surface area (TPSA) is 20.3 Å². The van der Waals surface area contributed by atoms with Crippen molar-refractivity contribution in [3.05, 3.63) is 69.7 Å². The van der Waals surface area contributed by atoms with Crippen LogP contribution in [-0.4, -0.2) is 16.8 Å². The molecule has 4 heteroatoms. The molecule has 2 saturated carbocycles. The first-order valence-electron chi connectivity index (χ1n) is 10.4. The molecule has 1 amide bonds. The molecule has 146 valence electrons. The summed E-state index contributed by atoms with van der Waals surface area (Å²) in [6.45, 7) is 0. The van der Waals surface area contributed by atoms with Gasteiger partial charge in [0, 0.05) is 28.4 Å². The molecule has 0 bridgehead atoms. The summed E-state index contributed by atoms with van der Waals surface area (Å²) in [6.07, 6.45) is 6.54. The maximum atomic E-state index is 13.3. The van der Waals surface area contributed by atoms with Crippen LogP contribution < -0.4 is 0 Å². The normalized spacial score (nSPS) is 25.4. The molecule has 2 aromatic carbocycles. The lowest BCUT2D eigenvalue weighted by Crippen LogP contribution is -2.49. The quantitative estimate of drug-likeness (QED) is 0.538. The molecule has 1 unspecified atom stereocenters. The predicted octanol–water partition coefficient (Wildman–Crippen LogP) is 6.63. The highest BCUT2D eigenvalue weighted by molar-refractivity contribution is 6.30. The van der Waals surface area contributed by atoms with E-state index in [-0.39, 0.29) is 12.0 Å². The highest BCUT2D eigenvalue weighted by atomic mass is 35.5. The van der Waals surface area contributed by atoms with Crippen molar-refractivity contribution in [1.82, 2.24) is 4.90 Å². The van der Waals surface area contributed by atoms with Crippen LogP contribution in [-0.2, 0) is 4.79 Å². The first-order valence-corrected chi connectivity index (χ1v) is 11.2. The molecule has 1 aliphatic heterocycles. The lowest BCUT2D eigenvalue weighted by Gasteiger charge is -2.46. The molecule has 2 atom stereocenters. The third-order valence-corrected chi connectivity index (χ3v) is 7.14. The Kier molecular flexibility index (Phi) is 4.88. The molecule has 28 heavy (non-hydrogen) atoms. The molecule has 0 N–H and O–H groups in total. The summed E-state index contributed by atoms with van der Waals surface area (Å²) in [7, 11) is 0. The van der Waals surface area contributed by atoms with Crippen molar-refractivity contribution in [2.75, 3.05) is 0 Å². The van der Waals surface area contributed by atoms with Gasteiger partial charge in [-0.1, -0.05) is 47.5 Å². The molecule has 3 fully saturated rings. The Bertz CT molecular complexity index is 860. The smallest absolute Gasteiger partial charge is 0.223 e. The molecule has 2 aliphatic carbocycles. The number of nitrogens with zero attached hydrogens (tertiary/aromatic N) is 1. The third-order valence-electron chi connectivity index (χ3n) is 6.66. The SMILES string of the molecule is O=C1CCC(c2cccc(Cl)c2)[C@@H](c2ccc(Cl)cc2)N1C(C1CC1)C1CC1. The van der Waals surface area contributed by atoms with E-state index in [4.69, 9.17) is 23.2 Å². The van der Waals surface area contributed by atoms with Gasteiger partial charge in [-0.05, 0) is 79.3 Å². The van der Waals surface area contributed by atoms with Crippen molar-refractivity contribution in [3.63, 3.8) is 0 Å². The van der Waals surface area contributed by atoms with Gasteiger partial charge in [-0.15, -0.1) is 0 Å². The van der Waals surface area contributed by atoms with Gasteiger partial charge < -0.3 is 4.90 Å². The van der Waals surface area contributed by atoms with E-state index < -0.39 is 0 Å². The van der Waals surface area contributed by atoms with E-state index in [1.54, 1.807) is 0 Å². The molecule has 2 nitrogen and oxygen atoms in total. The summed E-state index contributed by atoms with van der Waals surface area (Å²) in [5.41, 5.74) is 2.42. The third kappa shape index (κ3) is 3.57. The van der Waals surface area contributed by atoms with Crippen molar-refractivity contribution in [1.29, 1.82) is 0 Å². The molecule has 1 saturated heterocycles. The highest BCUT2D eigenvalue weighted by Gasteiger charge is 2.51. The van der Waals surface area contributed by atoms with Crippen LogP contribution in [0.3, 0.4) is 0 Å². The summed E-state index contributed by atoms with van der Waals surface area (Å²) in [4.78, 5) is 15.6. The summed E-state index contributed by atoms with van der Waals surface area (Å²) < 4.78 is 0. The van der Waals surface area contributed by atoms with Gasteiger partial charge in [-0.2, -0.15) is 0 Å². The Morgan fingerprint density at radius 3 is 2.11 bits per heavy atom. The Balaban J connectivity index is 1.60. The largest absolute Gasteiger partial charge is 0.331 e. The molecular formula is C24H25Cl2NO. The minimum atomic E-state index is 0.0585. The van der Waals surface area contributed by atoms with Gasteiger partial charge in [0.05, 0.1) is 6.04 Å². The molecule has 1 heterocycles. The van der Waals surface area contributed by atoms with E-state index in [0.29, 0.717) is 30.2 Å². The van der Waals surface area contributed by atoms with Gasteiger partial charge in [-0.25, -0.2) is 0 Å². The lowest BCUT2D eigenvalue weighted by molar-refractivity contribution is -0.142. The van der Waals surface area contributed by atoms with Crippen LogP contribution in [0.1, 0.15) is 61.6 Å². The number of halogens is 2. The first kappa shape index (κ1) is 18.5. The average Bonchev–Trinajstić information content (AvgIpc) is 3.59. The van der Waals surface area contributed by atoms with Crippen molar-refractivity contribution >= 4 is 29.1 Å². The Labute approximate surface area is 176 Å². The van der Waals surface area contributed by atoms with Crippen LogP contribution in [0.5, 0.6) is 0 Å². The van der Waals surface area contributed by atoms with Gasteiger partial charge in [0.15, 0.2) is 0 Å². The van der Waals surface area contributed by atoms with Gasteiger partial charge in [0.25, 0.3) is 0 Å². The second-order valence-electron chi connectivity index (χ2n) is 8.66. The lowest BCUT2D eigenvalue weighted by atomic mass is 9.78. The summed E-state index contributed by atoms with van der Waals surface area (Å²) in [5.74, 6) is 1.95. The Morgan fingerprint density at radius 2 is 1.50 bits per heavy atom. The molecule has 0 aromatic heterocycles. The summed E-state index contributed by atoms with van der Waals surface area (Å²) in [5, 5.41) is 1.49. The van der Waals surface area contributed by atoms with Crippen molar-refractivity contribution in [2.45, 2.75) is 56.5 Å². The van der Waals surface area contributed by atoms with Crippen LogP contribution in [0.2, 0.25) is 10.0 Å². The summed E-state index contributed by atoms with van der Waals surface area (Å²) >= 11 is 12.5. The molecule has 3 aliphatic rings. The van der Waals surface area contributed by atoms with E-state index >= 15 is 0 Å². The highest BCUT2D eigenvalue weighted by Crippen LogP contribution is 2.53. The Hall–Kier alpha value is -1.51. The number of benzene rings is 2. The fourth-order valence-corrected chi connectivity index (χ4v) is 5.45. The monoisotopic (exact) mass is 413 g/mol. The second-order valence-corrected chi connectivity index (χ2v) is 9.54. The van der Waals surface area contributed by atoms with Crippen LogP contribution in [0, 0.1) is 11.8 Å². The van der Waals surface area contributed by atoms with Gasteiger partial charge >= 0.3 is 0 Å². The van der Waals surface area contributed by atoms with Crippen molar-refractivity contribution in [3.8, 4) is 0 Å². The molecule has 2 aromatic rings. The van der Waals surface area contributed by atoms with E-state index in [9.17, 15) is 4.79 Å². The minimum absolute atomic E-state index is 0.0585. The number of hydrogen-bond donors (Lipinski definition) is 0. The van der Waals surface area contributed by atoms with Crippen molar-refractivity contribution < 1.29 is 4.79 Å². The number of hydrogen-bond acceptors (Lipinski definition) is 1. The van der Waals surface area contributed by atoms with E-state index in [1.807, 2.05) is 24.3 Å². The van der Waals surface area contributed by atoms with Gasteiger partial charge in [-0.3, -0.25) is 4.79 Å². The zero-order valence-electron chi connectivity index (χ0n) is 15.9. The van der Waals surface area contributed by atoms with Gasteiger partial charge in [0.2, 0.25) is 5.91 Å².